The number of amides is 1. The minimum Gasteiger partial charge on any atom is -0.351 e. The van der Waals surface area contributed by atoms with Gasteiger partial charge in [-0.3, -0.25) is 4.79 Å². The number of rotatable bonds is 6. The van der Waals surface area contributed by atoms with Crippen LogP contribution < -0.4 is 16.6 Å². The first-order valence-electron chi connectivity index (χ1n) is 4.83. The van der Waals surface area contributed by atoms with E-state index in [2.05, 4.69) is 20.7 Å². The summed E-state index contributed by atoms with van der Waals surface area (Å²) in [6, 6.07) is 0. The number of nitrogens with one attached hydrogen (secondary N) is 2. The van der Waals surface area contributed by atoms with E-state index in [0.717, 1.165) is 12.2 Å². The van der Waals surface area contributed by atoms with Crippen LogP contribution >= 0.6 is 11.8 Å². The maximum absolute atomic E-state index is 11.5. The molecule has 6 nitrogen and oxygen atoms in total. The predicted octanol–water partition coefficient (Wildman–Crippen LogP) is 0.245. The number of nitrogens with zero attached hydrogens (tertiary/aromatic N) is 2. The van der Waals surface area contributed by atoms with E-state index in [4.69, 9.17) is 5.84 Å². The normalized spacial score (nSPS) is 9.88. The minimum atomic E-state index is -0.211. The van der Waals surface area contributed by atoms with Gasteiger partial charge in [-0.1, -0.05) is 0 Å². The van der Waals surface area contributed by atoms with Gasteiger partial charge < -0.3 is 10.7 Å². The van der Waals surface area contributed by atoms with Crippen LogP contribution in [0.3, 0.4) is 0 Å². The molecular weight excluding hydrogens is 226 g/mol. The number of thioether (sulfide) groups is 1. The van der Waals surface area contributed by atoms with Crippen LogP contribution in [0.1, 0.15) is 16.9 Å². The van der Waals surface area contributed by atoms with Crippen molar-refractivity contribution in [3.8, 4) is 0 Å². The number of hydrogen-bond donors (Lipinski definition) is 3. The van der Waals surface area contributed by atoms with Gasteiger partial charge in [0.25, 0.3) is 5.91 Å². The van der Waals surface area contributed by atoms with Crippen molar-refractivity contribution < 1.29 is 4.79 Å². The molecule has 0 saturated carbocycles. The Morgan fingerprint density at radius 1 is 1.50 bits per heavy atom. The number of aromatic nitrogens is 2. The highest BCUT2D eigenvalue weighted by Crippen LogP contribution is 1.99. The predicted molar refractivity (Wildman–Crippen MR) is 65.2 cm³/mol. The second-order valence-corrected chi connectivity index (χ2v) is 4.02. The van der Waals surface area contributed by atoms with Crippen molar-refractivity contribution in [2.24, 2.45) is 5.84 Å². The minimum absolute atomic E-state index is 0.211. The molecule has 0 fully saturated rings. The van der Waals surface area contributed by atoms with Gasteiger partial charge in [0, 0.05) is 6.54 Å². The van der Waals surface area contributed by atoms with Gasteiger partial charge in [0.1, 0.15) is 5.69 Å². The number of carbonyl (C=O) groups is 1. The molecule has 16 heavy (non-hydrogen) atoms. The molecule has 1 aromatic heterocycles. The number of nitrogen functional groups attached to an aromatic ring is 1. The molecule has 0 unspecified atom stereocenters. The van der Waals surface area contributed by atoms with Crippen LogP contribution in [0.5, 0.6) is 0 Å². The van der Waals surface area contributed by atoms with Crippen molar-refractivity contribution in [3.63, 3.8) is 0 Å². The number of anilines is 1. The average Bonchev–Trinajstić information content (AvgIpc) is 2.34. The standard InChI is InChI=1S/C9H15N5OS/c1-16-4-2-3-11-9(15)7-5-13-8(14-10)6-12-7/h5-6H,2-4,10H2,1H3,(H,11,15)(H,13,14). The third-order valence-corrected chi connectivity index (χ3v) is 2.54. The van der Waals surface area contributed by atoms with Crippen LogP contribution in [0.15, 0.2) is 12.4 Å². The first-order valence-corrected chi connectivity index (χ1v) is 6.23. The number of hydrazine groups is 1. The molecule has 0 aromatic carbocycles. The first kappa shape index (κ1) is 12.7. The SMILES string of the molecule is CSCCCNC(=O)c1cnc(NN)cn1. The molecule has 88 valence electrons. The van der Waals surface area contributed by atoms with Gasteiger partial charge in [0.2, 0.25) is 0 Å². The number of carbonyl (C=O) groups excluding carboxylic acids is 1. The molecule has 1 heterocycles. The summed E-state index contributed by atoms with van der Waals surface area (Å²) in [4.78, 5) is 19.4. The zero-order chi connectivity index (χ0) is 11.8. The second-order valence-electron chi connectivity index (χ2n) is 3.03. The molecule has 0 spiro atoms. The van der Waals surface area contributed by atoms with E-state index in [0.29, 0.717) is 18.1 Å². The Morgan fingerprint density at radius 2 is 2.31 bits per heavy atom. The molecule has 0 aliphatic heterocycles. The highest BCUT2D eigenvalue weighted by Gasteiger charge is 2.06. The molecule has 0 bridgehead atoms. The Bertz CT molecular complexity index is 329. The van der Waals surface area contributed by atoms with E-state index >= 15 is 0 Å². The largest absolute Gasteiger partial charge is 0.351 e. The molecule has 0 aliphatic rings. The summed E-state index contributed by atoms with van der Waals surface area (Å²) in [6.45, 7) is 0.651. The summed E-state index contributed by atoms with van der Waals surface area (Å²) < 4.78 is 0. The number of nitrogens with two attached hydrogens (primary N) is 1. The van der Waals surface area contributed by atoms with Gasteiger partial charge in [-0.15, -0.1) is 0 Å². The van der Waals surface area contributed by atoms with Crippen LogP contribution in [0.25, 0.3) is 0 Å². The van der Waals surface area contributed by atoms with Crippen molar-refractivity contribution in [2.75, 3.05) is 24.0 Å². The summed E-state index contributed by atoms with van der Waals surface area (Å²) in [7, 11) is 0. The summed E-state index contributed by atoms with van der Waals surface area (Å²) >= 11 is 1.75. The monoisotopic (exact) mass is 241 g/mol. The van der Waals surface area contributed by atoms with E-state index in [9.17, 15) is 4.79 Å². The van der Waals surface area contributed by atoms with Crippen molar-refractivity contribution in [2.45, 2.75) is 6.42 Å². The van der Waals surface area contributed by atoms with Crippen LogP contribution in [0.2, 0.25) is 0 Å². The molecular formula is C9H15N5OS. The zero-order valence-electron chi connectivity index (χ0n) is 9.06. The lowest BCUT2D eigenvalue weighted by atomic mass is 10.4. The van der Waals surface area contributed by atoms with E-state index < -0.39 is 0 Å². The van der Waals surface area contributed by atoms with E-state index in [1.807, 2.05) is 6.26 Å². The molecule has 0 atom stereocenters. The lowest BCUT2D eigenvalue weighted by molar-refractivity contribution is 0.0948. The van der Waals surface area contributed by atoms with Gasteiger partial charge in [-0.05, 0) is 18.4 Å². The third-order valence-electron chi connectivity index (χ3n) is 1.84. The van der Waals surface area contributed by atoms with Crippen LogP contribution in [0, 0.1) is 0 Å². The molecule has 4 N–H and O–H groups in total. The van der Waals surface area contributed by atoms with Crippen LogP contribution in [-0.4, -0.2) is 34.4 Å². The van der Waals surface area contributed by atoms with Crippen molar-refractivity contribution in [3.05, 3.63) is 18.1 Å². The van der Waals surface area contributed by atoms with Gasteiger partial charge in [0.05, 0.1) is 12.4 Å². The van der Waals surface area contributed by atoms with E-state index in [1.165, 1.54) is 12.4 Å². The van der Waals surface area contributed by atoms with Gasteiger partial charge in [-0.2, -0.15) is 11.8 Å². The molecule has 1 aromatic rings. The molecule has 1 amide bonds. The van der Waals surface area contributed by atoms with E-state index in [1.54, 1.807) is 11.8 Å². The Labute approximate surface area is 98.4 Å². The fourth-order valence-corrected chi connectivity index (χ4v) is 1.46. The van der Waals surface area contributed by atoms with Gasteiger partial charge in [0.15, 0.2) is 5.82 Å². The quantitative estimate of drug-likeness (QED) is 0.375. The number of hydrogen-bond acceptors (Lipinski definition) is 6. The van der Waals surface area contributed by atoms with Crippen molar-refractivity contribution in [1.29, 1.82) is 0 Å². The van der Waals surface area contributed by atoms with Gasteiger partial charge >= 0.3 is 0 Å². The Hall–Kier alpha value is -1.34. The Kier molecular flexibility index (Phi) is 5.58. The topological polar surface area (TPSA) is 92.9 Å². The molecule has 1 rings (SSSR count). The third kappa shape index (κ3) is 4.03. The summed E-state index contributed by atoms with van der Waals surface area (Å²) in [5.74, 6) is 6.38. The first-order chi connectivity index (χ1) is 7.77. The van der Waals surface area contributed by atoms with E-state index in [-0.39, 0.29) is 5.91 Å². The summed E-state index contributed by atoms with van der Waals surface area (Å²) in [6.07, 6.45) is 5.78. The smallest absolute Gasteiger partial charge is 0.271 e. The second kappa shape index (κ2) is 7.02. The molecule has 0 aliphatic carbocycles. The maximum atomic E-state index is 11.5. The molecule has 0 radical (unpaired) electrons. The highest BCUT2D eigenvalue weighted by molar-refractivity contribution is 7.98. The van der Waals surface area contributed by atoms with Crippen molar-refractivity contribution >= 4 is 23.5 Å². The lowest BCUT2D eigenvalue weighted by Gasteiger charge is -2.04. The fraction of sp³-hybridized carbons (Fsp3) is 0.444. The Morgan fingerprint density at radius 3 is 2.88 bits per heavy atom. The Balaban J connectivity index is 2.40. The van der Waals surface area contributed by atoms with Crippen molar-refractivity contribution in [1.82, 2.24) is 15.3 Å². The van der Waals surface area contributed by atoms with Crippen LogP contribution in [-0.2, 0) is 0 Å². The highest BCUT2D eigenvalue weighted by atomic mass is 32.2. The molecule has 7 heteroatoms. The zero-order valence-corrected chi connectivity index (χ0v) is 9.88. The summed E-state index contributed by atoms with van der Waals surface area (Å²) in [5.41, 5.74) is 2.64. The summed E-state index contributed by atoms with van der Waals surface area (Å²) in [5, 5.41) is 2.76. The molecule has 0 saturated heterocycles. The maximum Gasteiger partial charge on any atom is 0.271 e. The van der Waals surface area contributed by atoms with Gasteiger partial charge in [-0.25, -0.2) is 15.8 Å². The lowest BCUT2D eigenvalue weighted by Crippen LogP contribution is -2.26. The fourth-order valence-electron chi connectivity index (χ4n) is 1.03. The van der Waals surface area contributed by atoms with Crippen LogP contribution in [0.4, 0.5) is 5.82 Å². The average molecular weight is 241 g/mol.